The molecule has 1 aliphatic carbocycles. The summed E-state index contributed by atoms with van der Waals surface area (Å²) in [6, 6.07) is 5.48. The van der Waals surface area contributed by atoms with Gasteiger partial charge in [0.25, 0.3) is 0 Å². The summed E-state index contributed by atoms with van der Waals surface area (Å²) in [5.74, 6) is -0.598. The largest absolute Gasteiger partial charge is 0.467 e. The van der Waals surface area contributed by atoms with Crippen molar-refractivity contribution in [2.75, 3.05) is 7.11 Å². The molecule has 1 aromatic rings. The predicted octanol–water partition coefficient (Wildman–Crippen LogP) is 1.41. The van der Waals surface area contributed by atoms with Crippen LogP contribution in [0.3, 0.4) is 0 Å². The highest BCUT2D eigenvalue weighted by Gasteiger charge is 2.55. The Kier molecular flexibility index (Phi) is 2.99. The monoisotopic (exact) mass is 285 g/mol. The number of halogens is 1. The maximum absolute atomic E-state index is 11.3. The summed E-state index contributed by atoms with van der Waals surface area (Å²) >= 11 is 3.28. The predicted molar refractivity (Wildman–Crippen MR) is 60.9 cm³/mol. The molecular weight excluding hydrogens is 274 g/mol. The van der Waals surface area contributed by atoms with Crippen molar-refractivity contribution in [3.8, 4) is 0 Å². The van der Waals surface area contributed by atoms with E-state index in [0.717, 1.165) is 18.5 Å². The van der Waals surface area contributed by atoms with E-state index >= 15 is 0 Å². The molecule has 0 saturated heterocycles. The van der Waals surface area contributed by atoms with E-state index in [9.17, 15) is 9.90 Å². The zero-order valence-corrected chi connectivity index (χ0v) is 10.4. The summed E-state index contributed by atoms with van der Waals surface area (Å²) in [6.07, 6.45) is 0.388. The SMILES string of the molecule is COC(=O)C(O)C1(c2cccc(Br)n2)CC1. The van der Waals surface area contributed by atoms with Crippen LogP contribution in [-0.4, -0.2) is 29.3 Å². The number of hydrogen-bond acceptors (Lipinski definition) is 4. The maximum Gasteiger partial charge on any atom is 0.335 e. The van der Waals surface area contributed by atoms with Crippen molar-refractivity contribution in [3.63, 3.8) is 0 Å². The number of rotatable bonds is 3. The molecule has 1 N–H and O–H groups in total. The number of ether oxygens (including phenoxy) is 1. The van der Waals surface area contributed by atoms with Crippen molar-refractivity contribution in [1.29, 1.82) is 0 Å². The number of aliphatic hydroxyl groups excluding tert-OH is 1. The van der Waals surface area contributed by atoms with Gasteiger partial charge in [0.05, 0.1) is 12.8 Å². The average molecular weight is 286 g/mol. The second-order valence-electron chi connectivity index (χ2n) is 3.93. The fourth-order valence-electron chi connectivity index (χ4n) is 1.83. The van der Waals surface area contributed by atoms with Gasteiger partial charge in [-0.3, -0.25) is 0 Å². The molecule has 0 aromatic carbocycles. The molecule has 86 valence electrons. The molecule has 1 atom stereocenters. The van der Waals surface area contributed by atoms with Crippen LogP contribution in [0.1, 0.15) is 18.5 Å². The molecule has 0 spiro atoms. The van der Waals surface area contributed by atoms with Crippen LogP contribution >= 0.6 is 15.9 Å². The van der Waals surface area contributed by atoms with Gasteiger partial charge in [-0.15, -0.1) is 0 Å². The van der Waals surface area contributed by atoms with Crippen LogP contribution in [0.15, 0.2) is 22.8 Å². The summed E-state index contributed by atoms with van der Waals surface area (Å²) in [7, 11) is 1.27. The van der Waals surface area contributed by atoms with E-state index in [1.165, 1.54) is 7.11 Å². The Morgan fingerprint density at radius 2 is 2.31 bits per heavy atom. The van der Waals surface area contributed by atoms with Crippen molar-refractivity contribution in [2.45, 2.75) is 24.4 Å². The molecule has 1 aromatic heterocycles. The van der Waals surface area contributed by atoms with E-state index in [1.807, 2.05) is 18.2 Å². The van der Waals surface area contributed by atoms with Gasteiger partial charge in [0.2, 0.25) is 0 Å². The number of aromatic nitrogens is 1. The van der Waals surface area contributed by atoms with Crippen molar-refractivity contribution >= 4 is 21.9 Å². The molecule has 1 heterocycles. The molecule has 16 heavy (non-hydrogen) atoms. The molecule has 0 aliphatic heterocycles. The van der Waals surface area contributed by atoms with Crippen molar-refractivity contribution in [2.24, 2.45) is 0 Å². The fraction of sp³-hybridized carbons (Fsp3) is 0.455. The van der Waals surface area contributed by atoms with E-state index in [4.69, 9.17) is 0 Å². The summed E-state index contributed by atoms with van der Waals surface area (Å²) in [5, 5.41) is 9.92. The first-order valence-electron chi connectivity index (χ1n) is 4.99. The lowest BCUT2D eigenvalue weighted by Crippen LogP contribution is -2.35. The van der Waals surface area contributed by atoms with E-state index < -0.39 is 17.5 Å². The summed E-state index contributed by atoms with van der Waals surface area (Å²) < 4.78 is 5.26. The normalized spacial score (nSPS) is 18.9. The highest BCUT2D eigenvalue weighted by molar-refractivity contribution is 9.10. The number of hydrogen-bond donors (Lipinski definition) is 1. The highest BCUT2D eigenvalue weighted by atomic mass is 79.9. The first-order valence-corrected chi connectivity index (χ1v) is 5.78. The van der Waals surface area contributed by atoms with Gasteiger partial charge >= 0.3 is 5.97 Å². The Labute approximate surface area is 102 Å². The average Bonchev–Trinajstić information content (AvgIpc) is 3.08. The lowest BCUT2D eigenvalue weighted by Gasteiger charge is -2.19. The Bertz CT molecular complexity index is 417. The van der Waals surface area contributed by atoms with Gasteiger partial charge in [0, 0.05) is 5.41 Å². The summed E-state index contributed by atoms with van der Waals surface area (Å²) in [6.45, 7) is 0. The molecule has 1 saturated carbocycles. The van der Waals surface area contributed by atoms with Crippen molar-refractivity contribution in [1.82, 2.24) is 4.98 Å². The van der Waals surface area contributed by atoms with Crippen LogP contribution < -0.4 is 0 Å². The van der Waals surface area contributed by atoms with Crippen LogP contribution in [0.2, 0.25) is 0 Å². The van der Waals surface area contributed by atoms with Crippen molar-refractivity contribution < 1.29 is 14.6 Å². The third-order valence-corrected chi connectivity index (χ3v) is 3.40. The molecule has 1 aliphatic rings. The number of aliphatic hydroxyl groups is 1. The maximum atomic E-state index is 11.3. The number of methoxy groups -OCH3 is 1. The van der Waals surface area contributed by atoms with Gasteiger partial charge < -0.3 is 9.84 Å². The number of pyridine rings is 1. The quantitative estimate of drug-likeness (QED) is 0.674. The molecule has 0 bridgehead atoms. The summed E-state index contributed by atoms with van der Waals surface area (Å²) in [5.41, 5.74) is 0.191. The van der Waals surface area contributed by atoms with Crippen LogP contribution in [0.25, 0.3) is 0 Å². The second kappa shape index (κ2) is 4.14. The van der Waals surface area contributed by atoms with Gasteiger partial charge in [0.1, 0.15) is 4.60 Å². The number of nitrogens with zero attached hydrogens (tertiary/aromatic N) is 1. The van der Waals surface area contributed by atoms with Gasteiger partial charge in [-0.25, -0.2) is 9.78 Å². The van der Waals surface area contributed by atoms with E-state index in [0.29, 0.717) is 4.60 Å². The zero-order chi connectivity index (χ0) is 11.8. The van der Waals surface area contributed by atoms with Crippen LogP contribution in [-0.2, 0) is 14.9 Å². The molecule has 0 amide bonds. The molecular formula is C11H12BrNO3. The lowest BCUT2D eigenvalue weighted by atomic mass is 9.94. The fourth-order valence-corrected chi connectivity index (χ4v) is 2.17. The van der Waals surface area contributed by atoms with E-state index in [2.05, 4.69) is 25.7 Å². The van der Waals surface area contributed by atoms with Gasteiger partial charge in [0.15, 0.2) is 6.10 Å². The third kappa shape index (κ3) is 1.85. The zero-order valence-electron chi connectivity index (χ0n) is 8.81. The third-order valence-electron chi connectivity index (χ3n) is 2.96. The van der Waals surface area contributed by atoms with E-state index in [1.54, 1.807) is 0 Å². The first kappa shape index (κ1) is 11.5. The Morgan fingerprint density at radius 1 is 1.62 bits per heavy atom. The summed E-state index contributed by atoms with van der Waals surface area (Å²) in [4.78, 5) is 15.6. The number of esters is 1. The standard InChI is InChI=1S/C11H12BrNO3/c1-16-10(15)9(14)11(5-6-11)7-3-2-4-8(12)13-7/h2-4,9,14H,5-6H2,1H3. The smallest absolute Gasteiger partial charge is 0.335 e. The second-order valence-corrected chi connectivity index (χ2v) is 4.74. The molecule has 4 nitrogen and oxygen atoms in total. The molecule has 1 fully saturated rings. The molecule has 2 rings (SSSR count). The van der Waals surface area contributed by atoms with Gasteiger partial charge in [-0.1, -0.05) is 6.07 Å². The van der Waals surface area contributed by atoms with Crippen LogP contribution in [0, 0.1) is 0 Å². The lowest BCUT2D eigenvalue weighted by molar-refractivity contribution is -0.152. The Morgan fingerprint density at radius 3 is 2.81 bits per heavy atom. The van der Waals surface area contributed by atoms with Crippen LogP contribution in [0.5, 0.6) is 0 Å². The highest BCUT2D eigenvalue weighted by Crippen LogP contribution is 2.50. The Hall–Kier alpha value is -0.940. The number of carbonyl (C=O) groups excluding carboxylic acids is 1. The minimum absolute atomic E-state index is 0.545. The number of carbonyl (C=O) groups is 1. The molecule has 1 unspecified atom stereocenters. The van der Waals surface area contributed by atoms with Gasteiger partial charge in [-0.2, -0.15) is 0 Å². The van der Waals surface area contributed by atoms with Gasteiger partial charge in [-0.05, 0) is 40.9 Å². The molecule has 0 radical (unpaired) electrons. The first-order chi connectivity index (χ1) is 7.60. The van der Waals surface area contributed by atoms with E-state index in [-0.39, 0.29) is 0 Å². The Balaban J connectivity index is 2.29. The van der Waals surface area contributed by atoms with Crippen LogP contribution in [0.4, 0.5) is 0 Å². The minimum atomic E-state index is -1.13. The topological polar surface area (TPSA) is 59.4 Å². The molecule has 5 heteroatoms. The van der Waals surface area contributed by atoms with Crippen molar-refractivity contribution in [3.05, 3.63) is 28.5 Å². The minimum Gasteiger partial charge on any atom is -0.467 e.